The molecule has 0 unspecified atom stereocenters. The van der Waals surface area contributed by atoms with Crippen LogP contribution in [0, 0.1) is 0 Å². The van der Waals surface area contributed by atoms with Gasteiger partial charge >= 0.3 is 0 Å². The Labute approximate surface area is 144 Å². The van der Waals surface area contributed by atoms with E-state index in [9.17, 15) is 0 Å². The third kappa shape index (κ3) is 2.99. The van der Waals surface area contributed by atoms with Crippen LogP contribution < -0.4 is 4.74 Å². The Balaban J connectivity index is 1.67. The average molecular weight is 334 g/mol. The molecular formula is C19H18N4O2. The number of aliphatic hydroxyl groups is 1. The van der Waals surface area contributed by atoms with E-state index >= 15 is 0 Å². The minimum atomic E-state index is 0.00712. The Morgan fingerprint density at radius 1 is 1.08 bits per heavy atom. The third-order valence-electron chi connectivity index (χ3n) is 4.06. The number of aromatic nitrogens is 4. The molecule has 0 atom stereocenters. The molecule has 6 heteroatoms. The summed E-state index contributed by atoms with van der Waals surface area (Å²) in [6.07, 6.45) is 5.66. The summed E-state index contributed by atoms with van der Waals surface area (Å²) in [7, 11) is 1.91. The molecule has 0 saturated carbocycles. The van der Waals surface area contributed by atoms with Gasteiger partial charge in [0.25, 0.3) is 0 Å². The summed E-state index contributed by atoms with van der Waals surface area (Å²) >= 11 is 0. The highest BCUT2D eigenvalue weighted by Crippen LogP contribution is 2.25. The number of aryl methyl sites for hydroxylation is 1. The predicted octanol–water partition coefficient (Wildman–Crippen LogP) is 2.80. The van der Waals surface area contributed by atoms with E-state index < -0.39 is 0 Å². The van der Waals surface area contributed by atoms with Gasteiger partial charge in [-0.2, -0.15) is 5.10 Å². The fourth-order valence-electron chi connectivity index (χ4n) is 2.83. The van der Waals surface area contributed by atoms with Crippen LogP contribution >= 0.6 is 0 Å². The predicted molar refractivity (Wildman–Crippen MR) is 95.9 cm³/mol. The normalized spacial score (nSPS) is 11.1. The second-order valence-corrected chi connectivity index (χ2v) is 5.79. The lowest BCUT2D eigenvalue weighted by Gasteiger charge is -2.07. The van der Waals surface area contributed by atoms with Gasteiger partial charge in [-0.15, -0.1) is 0 Å². The molecule has 0 fully saturated rings. The molecule has 0 radical (unpaired) electrons. The SMILES string of the molecule is Cn1cc(-c2ccc3c(c2)ncn3-c2ccc(OCCO)cc2)cn1. The lowest BCUT2D eigenvalue weighted by molar-refractivity contribution is 0.201. The number of hydrogen-bond acceptors (Lipinski definition) is 4. The first-order chi connectivity index (χ1) is 12.2. The van der Waals surface area contributed by atoms with Gasteiger partial charge in [0, 0.05) is 24.5 Å². The van der Waals surface area contributed by atoms with Crippen molar-refractivity contribution in [1.29, 1.82) is 0 Å². The monoisotopic (exact) mass is 334 g/mol. The Hall–Kier alpha value is -3.12. The fourth-order valence-corrected chi connectivity index (χ4v) is 2.83. The van der Waals surface area contributed by atoms with Crippen molar-refractivity contribution >= 4 is 11.0 Å². The Morgan fingerprint density at radius 3 is 2.64 bits per heavy atom. The van der Waals surface area contributed by atoms with Crippen molar-refractivity contribution in [1.82, 2.24) is 19.3 Å². The number of imidazole rings is 1. The molecule has 1 N–H and O–H groups in total. The van der Waals surface area contributed by atoms with Gasteiger partial charge in [-0.3, -0.25) is 9.25 Å². The molecule has 0 spiro atoms. The highest BCUT2D eigenvalue weighted by molar-refractivity contribution is 5.83. The summed E-state index contributed by atoms with van der Waals surface area (Å²) in [4.78, 5) is 4.53. The van der Waals surface area contributed by atoms with E-state index in [1.165, 1.54) is 0 Å². The zero-order chi connectivity index (χ0) is 17.2. The molecule has 0 aliphatic carbocycles. The molecule has 0 amide bonds. The van der Waals surface area contributed by atoms with E-state index in [1.54, 1.807) is 4.68 Å². The molecule has 4 aromatic rings. The molecule has 126 valence electrons. The molecule has 0 aliphatic heterocycles. The zero-order valence-corrected chi connectivity index (χ0v) is 13.8. The zero-order valence-electron chi connectivity index (χ0n) is 13.8. The smallest absolute Gasteiger partial charge is 0.119 e. The molecule has 2 heterocycles. The quantitative estimate of drug-likeness (QED) is 0.609. The Bertz CT molecular complexity index is 1000. The highest BCUT2D eigenvalue weighted by atomic mass is 16.5. The lowest BCUT2D eigenvalue weighted by Crippen LogP contribution is -2.01. The van der Waals surface area contributed by atoms with E-state index in [1.807, 2.05) is 54.6 Å². The maximum Gasteiger partial charge on any atom is 0.119 e. The standard InChI is InChI=1S/C19H18N4O2/c1-22-12-15(11-21-22)14-2-7-19-18(10-14)20-13-23(19)16-3-5-17(6-4-16)25-9-8-24/h2-7,10-13,24H,8-9H2,1H3. The summed E-state index contributed by atoms with van der Waals surface area (Å²) in [6.45, 7) is 0.303. The van der Waals surface area contributed by atoms with Crippen LogP contribution in [-0.2, 0) is 7.05 Å². The van der Waals surface area contributed by atoms with E-state index in [2.05, 4.69) is 28.3 Å². The minimum absolute atomic E-state index is 0.00712. The molecule has 2 aromatic carbocycles. The van der Waals surface area contributed by atoms with Gasteiger partial charge < -0.3 is 9.84 Å². The number of aliphatic hydroxyl groups excluding tert-OH is 1. The van der Waals surface area contributed by atoms with Crippen molar-refractivity contribution in [3.63, 3.8) is 0 Å². The average Bonchev–Trinajstić information content (AvgIpc) is 3.26. The van der Waals surface area contributed by atoms with Crippen LogP contribution in [0.2, 0.25) is 0 Å². The third-order valence-corrected chi connectivity index (χ3v) is 4.06. The summed E-state index contributed by atoms with van der Waals surface area (Å²) < 4.78 is 9.23. The molecule has 0 bridgehead atoms. The van der Waals surface area contributed by atoms with Crippen LogP contribution in [0.3, 0.4) is 0 Å². The summed E-state index contributed by atoms with van der Waals surface area (Å²) in [6, 6.07) is 14.0. The van der Waals surface area contributed by atoms with Crippen molar-refractivity contribution in [2.75, 3.05) is 13.2 Å². The molecule has 2 aromatic heterocycles. The van der Waals surface area contributed by atoms with Crippen LogP contribution in [0.4, 0.5) is 0 Å². The maximum absolute atomic E-state index is 8.81. The summed E-state index contributed by atoms with van der Waals surface area (Å²) in [5.41, 5.74) is 5.15. The van der Waals surface area contributed by atoms with E-state index in [0.717, 1.165) is 33.6 Å². The van der Waals surface area contributed by atoms with Gasteiger partial charge in [-0.05, 0) is 42.0 Å². The molecule has 0 saturated heterocycles. The number of hydrogen-bond donors (Lipinski definition) is 1. The number of rotatable bonds is 5. The van der Waals surface area contributed by atoms with Crippen molar-refractivity contribution in [2.24, 2.45) is 7.05 Å². The van der Waals surface area contributed by atoms with Gasteiger partial charge in [-0.1, -0.05) is 6.07 Å². The highest BCUT2D eigenvalue weighted by Gasteiger charge is 2.08. The van der Waals surface area contributed by atoms with Crippen LogP contribution in [0.5, 0.6) is 5.75 Å². The van der Waals surface area contributed by atoms with Gasteiger partial charge in [0.2, 0.25) is 0 Å². The minimum Gasteiger partial charge on any atom is -0.491 e. The van der Waals surface area contributed by atoms with Crippen molar-refractivity contribution in [3.8, 4) is 22.6 Å². The maximum atomic E-state index is 8.81. The number of ether oxygens (including phenoxy) is 1. The Morgan fingerprint density at radius 2 is 1.92 bits per heavy atom. The van der Waals surface area contributed by atoms with Crippen molar-refractivity contribution in [2.45, 2.75) is 0 Å². The topological polar surface area (TPSA) is 65.1 Å². The molecular weight excluding hydrogens is 316 g/mol. The second-order valence-electron chi connectivity index (χ2n) is 5.79. The first kappa shape index (κ1) is 15.4. The summed E-state index contributed by atoms with van der Waals surface area (Å²) in [5, 5.41) is 13.0. The van der Waals surface area contributed by atoms with Gasteiger partial charge in [0.15, 0.2) is 0 Å². The molecule has 4 rings (SSSR count). The van der Waals surface area contributed by atoms with Crippen molar-refractivity contribution in [3.05, 3.63) is 61.2 Å². The summed E-state index contributed by atoms with van der Waals surface area (Å²) in [5.74, 6) is 0.737. The Kier molecular flexibility index (Phi) is 3.95. The number of nitrogens with zero attached hydrogens (tertiary/aromatic N) is 4. The van der Waals surface area contributed by atoms with E-state index in [4.69, 9.17) is 9.84 Å². The second kappa shape index (κ2) is 6.41. The van der Waals surface area contributed by atoms with Gasteiger partial charge in [-0.25, -0.2) is 4.98 Å². The number of benzene rings is 2. The van der Waals surface area contributed by atoms with Crippen molar-refractivity contribution < 1.29 is 9.84 Å². The largest absolute Gasteiger partial charge is 0.491 e. The van der Waals surface area contributed by atoms with Crippen LogP contribution in [0.15, 0.2) is 61.2 Å². The van der Waals surface area contributed by atoms with E-state index in [-0.39, 0.29) is 6.61 Å². The first-order valence-corrected chi connectivity index (χ1v) is 8.05. The van der Waals surface area contributed by atoms with Crippen LogP contribution in [0.1, 0.15) is 0 Å². The van der Waals surface area contributed by atoms with Gasteiger partial charge in [0.05, 0.1) is 23.8 Å². The first-order valence-electron chi connectivity index (χ1n) is 8.05. The molecule has 25 heavy (non-hydrogen) atoms. The molecule has 6 nitrogen and oxygen atoms in total. The van der Waals surface area contributed by atoms with Crippen LogP contribution in [0.25, 0.3) is 27.8 Å². The van der Waals surface area contributed by atoms with Gasteiger partial charge in [0.1, 0.15) is 18.7 Å². The lowest BCUT2D eigenvalue weighted by atomic mass is 10.1. The molecule has 0 aliphatic rings. The van der Waals surface area contributed by atoms with E-state index in [0.29, 0.717) is 6.61 Å². The number of fused-ring (bicyclic) bond motifs is 1. The fraction of sp³-hybridized carbons (Fsp3) is 0.158. The van der Waals surface area contributed by atoms with Crippen LogP contribution in [-0.4, -0.2) is 37.7 Å².